The molecule has 20 heavy (non-hydrogen) atoms. The number of halogens is 1. The Balaban J connectivity index is 2.04. The van der Waals surface area contributed by atoms with Crippen LogP contribution in [0.2, 0.25) is 0 Å². The summed E-state index contributed by atoms with van der Waals surface area (Å²) in [5.41, 5.74) is 1.18. The SMILES string of the molecule is CC(Cc1ccccc1)Nc1ccc([N+](=O)[O-])cc1F. The molecular weight excluding hydrogens is 259 g/mol. The van der Waals surface area contributed by atoms with E-state index < -0.39 is 10.7 Å². The lowest BCUT2D eigenvalue weighted by molar-refractivity contribution is -0.385. The number of nitrogens with zero attached hydrogens (tertiary/aromatic N) is 1. The zero-order valence-corrected chi connectivity index (χ0v) is 11.0. The number of rotatable bonds is 5. The Hall–Kier alpha value is -2.43. The average Bonchev–Trinajstić information content (AvgIpc) is 2.42. The molecule has 0 amide bonds. The Bertz CT molecular complexity index is 602. The fourth-order valence-corrected chi connectivity index (χ4v) is 2.02. The molecule has 0 aliphatic carbocycles. The van der Waals surface area contributed by atoms with E-state index in [-0.39, 0.29) is 17.4 Å². The molecule has 1 N–H and O–H groups in total. The zero-order chi connectivity index (χ0) is 14.5. The predicted octanol–water partition coefficient (Wildman–Crippen LogP) is 3.78. The van der Waals surface area contributed by atoms with E-state index in [1.54, 1.807) is 0 Å². The molecule has 2 rings (SSSR count). The number of anilines is 1. The molecule has 2 aromatic carbocycles. The third kappa shape index (κ3) is 3.54. The molecular formula is C15H15FN2O2. The summed E-state index contributed by atoms with van der Waals surface area (Å²) >= 11 is 0. The Labute approximate surface area is 116 Å². The van der Waals surface area contributed by atoms with E-state index in [9.17, 15) is 14.5 Å². The van der Waals surface area contributed by atoms with Crippen molar-refractivity contribution in [3.05, 3.63) is 70.0 Å². The smallest absolute Gasteiger partial charge is 0.272 e. The van der Waals surface area contributed by atoms with Gasteiger partial charge in [-0.3, -0.25) is 10.1 Å². The van der Waals surface area contributed by atoms with Gasteiger partial charge in [0.25, 0.3) is 5.69 Å². The number of nitro groups is 1. The summed E-state index contributed by atoms with van der Waals surface area (Å²) in [6, 6.07) is 13.5. The summed E-state index contributed by atoms with van der Waals surface area (Å²) in [5, 5.41) is 13.6. The zero-order valence-electron chi connectivity index (χ0n) is 11.0. The summed E-state index contributed by atoms with van der Waals surface area (Å²) < 4.78 is 13.7. The third-order valence-corrected chi connectivity index (χ3v) is 2.95. The van der Waals surface area contributed by atoms with Crippen molar-refractivity contribution in [2.75, 3.05) is 5.32 Å². The molecule has 0 aliphatic rings. The maximum Gasteiger partial charge on any atom is 0.272 e. The molecule has 0 bridgehead atoms. The van der Waals surface area contributed by atoms with Crippen LogP contribution in [-0.2, 0) is 6.42 Å². The van der Waals surface area contributed by atoms with Gasteiger partial charge in [-0.05, 0) is 25.0 Å². The molecule has 0 saturated carbocycles. The molecule has 0 saturated heterocycles. The van der Waals surface area contributed by atoms with E-state index in [4.69, 9.17) is 0 Å². The minimum atomic E-state index is -0.612. The minimum Gasteiger partial charge on any atom is -0.380 e. The van der Waals surface area contributed by atoms with Crippen molar-refractivity contribution in [1.82, 2.24) is 0 Å². The highest BCUT2D eigenvalue weighted by Crippen LogP contribution is 2.21. The number of hydrogen-bond acceptors (Lipinski definition) is 3. The summed E-state index contributed by atoms with van der Waals surface area (Å²) in [6.07, 6.45) is 0.747. The van der Waals surface area contributed by atoms with E-state index in [2.05, 4.69) is 5.32 Å². The fourth-order valence-electron chi connectivity index (χ4n) is 2.02. The van der Waals surface area contributed by atoms with Gasteiger partial charge in [0.1, 0.15) is 0 Å². The molecule has 0 radical (unpaired) electrons. The molecule has 2 aromatic rings. The second kappa shape index (κ2) is 6.14. The van der Waals surface area contributed by atoms with Gasteiger partial charge in [-0.25, -0.2) is 4.39 Å². The average molecular weight is 274 g/mol. The van der Waals surface area contributed by atoms with Crippen LogP contribution in [0.3, 0.4) is 0 Å². The first-order chi connectivity index (χ1) is 9.56. The molecule has 0 spiro atoms. The lowest BCUT2D eigenvalue weighted by Crippen LogP contribution is -2.18. The van der Waals surface area contributed by atoms with Gasteiger partial charge in [0.05, 0.1) is 16.7 Å². The van der Waals surface area contributed by atoms with Crippen LogP contribution in [0, 0.1) is 15.9 Å². The van der Waals surface area contributed by atoms with Crippen LogP contribution in [-0.4, -0.2) is 11.0 Å². The van der Waals surface area contributed by atoms with Crippen LogP contribution in [0.4, 0.5) is 15.8 Å². The number of hydrogen-bond donors (Lipinski definition) is 1. The number of benzene rings is 2. The van der Waals surface area contributed by atoms with E-state index >= 15 is 0 Å². The molecule has 0 fully saturated rings. The van der Waals surface area contributed by atoms with Crippen LogP contribution in [0.1, 0.15) is 12.5 Å². The molecule has 4 nitrogen and oxygen atoms in total. The first-order valence-electron chi connectivity index (χ1n) is 6.30. The van der Waals surface area contributed by atoms with Crippen molar-refractivity contribution in [2.24, 2.45) is 0 Å². The van der Waals surface area contributed by atoms with Crippen LogP contribution >= 0.6 is 0 Å². The standard InChI is InChI=1S/C15H15FN2O2/c1-11(9-12-5-3-2-4-6-12)17-15-8-7-13(18(19)20)10-14(15)16/h2-8,10-11,17H,9H2,1H3. The van der Waals surface area contributed by atoms with Crippen molar-refractivity contribution in [3.63, 3.8) is 0 Å². The summed E-state index contributed by atoms with van der Waals surface area (Å²) in [4.78, 5) is 9.94. The largest absolute Gasteiger partial charge is 0.380 e. The van der Waals surface area contributed by atoms with Crippen LogP contribution in [0.15, 0.2) is 48.5 Å². The molecule has 0 aliphatic heterocycles. The van der Waals surface area contributed by atoms with E-state index in [0.717, 1.165) is 18.1 Å². The highest BCUT2D eigenvalue weighted by Gasteiger charge is 2.12. The van der Waals surface area contributed by atoms with Gasteiger partial charge in [0, 0.05) is 12.1 Å². The van der Waals surface area contributed by atoms with Gasteiger partial charge in [-0.15, -0.1) is 0 Å². The Kier molecular flexibility index (Phi) is 4.30. The van der Waals surface area contributed by atoms with Crippen molar-refractivity contribution in [1.29, 1.82) is 0 Å². The van der Waals surface area contributed by atoms with Crippen molar-refractivity contribution >= 4 is 11.4 Å². The minimum absolute atomic E-state index is 0.0216. The van der Waals surface area contributed by atoms with Gasteiger partial charge in [-0.1, -0.05) is 30.3 Å². The number of non-ortho nitro benzene ring substituents is 1. The highest BCUT2D eigenvalue weighted by atomic mass is 19.1. The lowest BCUT2D eigenvalue weighted by Gasteiger charge is -2.15. The monoisotopic (exact) mass is 274 g/mol. The number of nitrogens with one attached hydrogen (secondary N) is 1. The topological polar surface area (TPSA) is 55.2 Å². The van der Waals surface area contributed by atoms with Crippen molar-refractivity contribution < 1.29 is 9.31 Å². The number of nitro benzene ring substituents is 1. The van der Waals surface area contributed by atoms with Crippen LogP contribution in [0.25, 0.3) is 0 Å². The molecule has 5 heteroatoms. The quantitative estimate of drug-likeness (QED) is 0.667. The molecule has 0 aromatic heterocycles. The first-order valence-corrected chi connectivity index (χ1v) is 6.30. The van der Waals surface area contributed by atoms with Crippen LogP contribution < -0.4 is 5.32 Å². The summed E-state index contributed by atoms with van der Waals surface area (Å²) in [6.45, 7) is 1.94. The first kappa shape index (κ1) is 14.0. The van der Waals surface area contributed by atoms with Gasteiger partial charge in [-0.2, -0.15) is 0 Å². The molecule has 1 atom stereocenters. The maximum atomic E-state index is 13.7. The maximum absolute atomic E-state index is 13.7. The van der Waals surface area contributed by atoms with Gasteiger partial charge >= 0.3 is 0 Å². The second-order valence-corrected chi connectivity index (χ2v) is 4.66. The highest BCUT2D eigenvalue weighted by molar-refractivity contribution is 5.50. The Morgan fingerprint density at radius 1 is 1.25 bits per heavy atom. The molecule has 1 unspecified atom stereocenters. The van der Waals surface area contributed by atoms with E-state index in [1.165, 1.54) is 12.1 Å². The summed E-state index contributed by atoms with van der Waals surface area (Å²) in [7, 11) is 0. The van der Waals surface area contributed by atoms with Crippen molar-refractivity contribution in [3.8, 4) is 0 Å². The predicted molar refractivity (Wildman–Crippen MR) is 76.3 cm³/mol. The van der Waals surface area contributed by atoms with E-state index in [1.807, 2.05) is 37.3 Å². The molecule has 0 heterocycles. The summed E-state index contributed by atoms with van der Waals surface area (Å²) in [5.74, 6) is -0.612. The Morgan fingerprint density at radius 2 is 1.95 bits per heavy atom. The van der Waals surface area contributed by atoms with Crippen molar-refractivity contribution in [2.45, 2.75) is 19.4 Å². The van der Waals surface area contributed by atoms with Gasteiger partial charge in [0.2, 0.25) is 0 Å². The second-order valence-electron chi connectivity index (χ2n) is 4.66. The van der Waals surface area contributed by atoms with Crippen LogP contribution in [0.5, 0.6) is 0 Å². The fraction of sp³-hybridized carbons (Fsp3) is 0.200. The van der Waals surface area contributed by atoms with E-state index in [0.29, 0.717) is 0 Å². The van der Waals surface area contributed by atoms with Gasteiger partial charge in [0.15, 0.2) is 5.82 Å². The Morgan fingerprint density at radius 3 is 2.55 bits per heavy atom. The van der Waals surface area contributed by atoms with Gasteiger partial charge < -0.3 is 5.32 Å². The third-order valence-electron chi connectivity index (χ3n) is 2.95. The molecule has 104 valence electrons. The normalized spacial score (nSPS) is 11.9. The lowest BCUT2D eigenvalue weighted by atomic mass is 10.1.